The van der Waals surface area contributed by atoms with Crippen molar-refractivity contribution in [3.63, 3.8) is 0 Å². The summed E-state index contributed by atoms with van der Waals surface area (Å²) in [5.74, 6) is 0.151. The van der Waals surface area contributed by atoms with Crippen molar-refractivity contribution >= 4 is 5.97 Å². The van der Waals surface area contributed by atoms with E-state index in [1.54, 1.807) is 0 Å². The first-order valence-corrected chi connectivity index (χ1v) is 5.07. The number of carboxylic acids is 1. The third-order valence-corrected chi connectivity index (χ3v) is 2.59. The molecule has 0 bridgehead atoms. The number of ether oxygens (including phenoxy) is 1. The first-order chi connectivity index (χ1) is 7.06. The molecule has 0 aliphatic carbocycles. The van der Waals surface area contributed by atoms with Crippen molar-refractivity contribution in [2.24, 2.45) is 0 Å². The predicted octanol–water partition coefficient (Wildman–Crippen LogP) is 1.95. The SMILES string of the molecule is Cc1cc(CC(=O)O)cc2c1OC(C)C2. The van der Waals surface area contributed by atoms with Crippen molar-refractivity contribution in [1.82, 2.24) is 0 Å². The minimum Gasteiger partial charge on any atom is -0.490 e. The van der Waals surface area contributed by atoms with Gasteiger partial charge >= 0.3 is 5.97 Å². The maximum absolute atomic E-state index is 10.6. The quantitative estimate of drug-likeness (QED) is 0.804. The van der Waals surface area contributed by atoms with E-state index in [1.807, 2.05) is 26.0 Å². The largest absolute Gasteiger partial charge is 0.490 e. The standard InChI is InChI=1S/C12H14O3/c1-7-3-9(6-11(13)14)5-10-4-8(2)15-12(7)10/h3,5,8H,4,6H2,1-2H3,(H,13,14). The van der Waals surface area contributed by atoms with E-state index in [1.165, 1.54) is 0 Å². The topological polar surface area (TPSA) is 46.5 Å². The first-order valence-electron chi connectivity index (χ1n) is 5.07. The molecular weight excluding hydrogens is 192 g/mol. The summed E-state index contributed by atoms with van der Waals surface area (Å²) in [5.41, 5.74) is 3.03. The fourth-order valence-corrected chi connectivity index (χ4v) is 2.08. The molecule has 1 N–H and O–H groups in total. The predicted molar refractivity (Wildman–Crippen MR) is 56.3 cm³/mol. The summed E-state index contributed by atoms with van der Waals surface area (Å²) in [6.45, 7) is 3.98. The van der Waals surface area contributed by atoms with Crippen LogP contribution in [0.5, 0.6) is 5.75 Å². The number of aliphatic carboxylic acids is 1. The van der Waals surface area contributed by atoms with Crippen LogP contribution in [0.15, 0.2) is 12.1 Å². The Hall–Kier alpha value is -1.51. The Morgan fingerprint density at radius 1 is 1.60 bits per heavy atom. The van der Waals surface area contributed by atoms with Crippen LogP contribution in [0.3, 0.4) is 0 Å². The minimum atomic E-state index is -0.790. The number of benzene rings is 1. The molecule has 1 heterocycles. The molecule has 3 nitrogen and oxygen atoms in total. The number of carbonyl (C=O) groups is 1. The molecule has 0 amide bonds. The van der Waals surface area contributed by atoms with Crippen molar-refractivity contribution in [1.29, 1.82) is 0 Å². The van der Waals surface area contributed by atoms with Crippen LogP contribution in [-0.4, -0.2) is 17.2 Å². The highest BCUT2D eigenvalue weighted by Gasteiger charge is 2.21. The molecule has 1 aliphatic heterocycles. The van der Waals surface area contributed by atoms with Gasteiger partial charge < -0.3 is 9.84 Å². The van der Waals surface area contributed by atoms with Gasteiger partial charge in [-0.3, -0.25) is 4.79 Å². The molecule has 1 atom stereocenters. The first kappa shape index (κ1) is 10.0. The van der Waals surface area contributed by atoms with Gasteiger partial charge in [0.15, 0.2) is 0 Å². The summed E-state index contributed by atoms with van der Waals surface area (Å²) >= 11 is 0. The normalized spacial score (nSPS) is 18.4. The van der Waals surface area contributed by atoms with Crippen molar-refractivity contribution in [3.05, 3.63) is 28.8 Å². The Balaban J connectivity index is 2.35. The average Bonchev–Trinajstić information content (AvgIpc) is 2.44. The van der Waals surface area contributed by atoms with Crippen LogP contribution in [0.2, 0.25) is 0 Å². The highest BCUT2D eigenvalue weighted by molar-refractivity contribution is 5.70. The van der Waals surface area contributed by atoms with Gasteiger partial charge in [0.1, 0.15) is 11.9 Å². The van der Waals surface area contributed by atoms with Gasteiger partial charge in [0.05, 0.1) is 6.42 Å². The van der Waals surface area contributed by atoms with Gasteiger partial charge in [-0.15, -0.1) is 0 Å². The number of aryl methyl sites for hydroxylation is 1. The zero-order chi connectivity index (χ0) is 11.0. The second-order valence-electron chi connectivity index (χ2n) is 4.10. The molecule has 0 spiro atoms. The summed E-state index contributed by atoms with van der Waals surface area (Å²) in [5, 5.41) is 8.73. The van der Waals surface area contributed by atoms with Crippen molar-refractivity contribution in [2.75, 3.05) is 0 Å². The molecule has 0 aromatic heterocycles. The number of fused-ring (bicyclic) bond motifs is 1. The van der Waals surface area contributed by atoms with Crippen LogP contribution < -0.4 is 4.74 Å². The molecule has 0 saturated carbocycles. The van der Waals surface area contributed by atoms with Gasteiger partial charge in [0.2, 0.25) is 0 Å². The molecule has 1 aliphatic rings. The van der Waals surface area contributed by atoms with Crippen LogP contribution in [0.4, 0.5) is 0 Å². The van der Waals surface area contributed by atoms with Crippen LogP contribution in [0.1, 0.15) is 23.6 Å². The van der Waals surface area contributed by atoms with Gasteiger partial charge in [-0.1, -0.05) is 12.1 Å². The zero-order valence-corrected chi connectivity index (χ0v) is 8.91. The van der Waals surface area contributed by atoms with E-state index in [9.17, 15) is 4.79 Å². The molecule has 3 heteroatoms. The Morgan fingerprint density at radius 3 is 3.00 bits per heavy atom. The highest BCUT2D eigenvalue weighted by atomic mass is 16.5. The third kappa shape index (κ3) is 1.96. The second-order valence-corrected chi connectivity index (χ2v) is 4.10. The zero-order valence-electron chi connectivity index (χ0n) is 8.91. The highest BCUT2D eigenvalue weighted by Crippen LogP contribution is 2.33. The molecule has 1 aromatic rings. The molecular formula is C12H14O3. The van der Waals surface area contributed by atoms with Crippen LogP contribution in [-0.2, 0) is 17.6 Å². The molecule has 0 radical (unpaired) electrons. The Bertz CT molecular complexity index is 410. The van der Waals surface area contributed by atoms with Gasteiger partial charge in [-0.25, -0.2) is 0 Å². The van der Waals surface area contributed by atoms with Crippen molar-refractivity contribution in [2.45, 2.75) is 32.8 Å². The Labute approximate surface area is 88.7 Å². The van der Waals surface area contributed by atoms with Crippen LogP contribution in [0, 0.1) is 6.92 Å². The van der Waals surface area contributed by atoms with E-state index in [0.29, 0.717) is 0 Å². The summed E-state index contributed by atoms with van der Waals surface area (Å²) in [4.78, 5) is 10.6. The summed E-state index contributed by atoms with van der Waals surface area (Å²) in [6, 6.07) is 3.84. The van der Waals surface area contributed by atoms with Crippen molar-refractivity contribution < 1.29 is 14.6 Å². The van der Waals surface area contributed by atoms with Crippen LogP contribution in [0.25, 0.3) is 0 Å². The lowest BCUT2D eigenvalue weighted by Crippen LogP contribution is -2.05. The number of hydrogen-bond acceptors (Lipinski definition) is 2. The second kappa shape index (κ2) is 3.57. The molecule has 80 valence electrons. The lowest BCUT2D eigenvalue weighted by molar-refractivity contribution is -0.136. The minimum absolute atomic E-state index is 0.0858. The maximum Gasteiger partial charge on any atom is 0.307 e. The number of hydrogen-bond donors (Lipinski definition) is 1. The molecule has 0 fully saturated rings. The Morgan fingerprint density at radius 2 is 2.33 bits per heavy atom. The smallest absolute Gasteiger partial charge is 0.307 e. The number of rotatable bonds is 2. The summed E-state index contributed by atoms with van der Waals surface area (Å²) < 4.78 is 5.65. The fraction of sp³-hybridized carbons (Fsp3) is 0.417. The van der Waals surface area contributed by atoms with Gasteiger partial charge in [-0.2, -0.15) is 0 Å². The van der Waals surface area contributed by atoms with Gasteiger partial charge in [0, 0.05) is 6.42 Å². The summed E-state index contributed by atoms with van der Waals surface area (Å²) in [6.07, 6.45) is 1.17. The molecule has 2 rings (SSSR count). The Kier molecular flexibility index (Phi) is 2.39. The van der Waals surface area contributed by atoms with E-state index in [2.05, 4.69) is 0 Å². The van der Waals surface area contributed by atoms with E-state index < -0.39 is 5.97 Å². The van der Waals surface area contributed by atoms with Crippen LogP contribution >= 0.6 is 0 Å². The molecule has 0 saturated heterocycles. The van der Waals surface area contributed by atoms with E-state index in [4.69, 9.17) is 9.84 Å². The number of carboxylic acid groups (broad SMARTS) is 1. The third-order valence-electron chi connectivity index (χ3n) is 2.59. The molecule has 1 aromatic carbocycles. The fourth-order valence-electron chi connectivity index (χ4n) is 2.08. The average molecular weight is 206 g/mol. The van der Waals surface area contributed by atoms with Crippen molar-refractivity contribution in [3.8, 4) is 5.75 Å². The monoisotopic (exact) mass is 206 g/mol. The van der Waals surface area contributed by atoms with Gasteiger partial charge in [0.25, 0.3) is 0 Å². The van der Waals surface area contributed by atoms with E-state index in [0.717, 1.165) is 28.9 Å². The summed E-state index contributed by atoms with van der Waals surface area (Å²) in [7, 11) is 0. The van der Waals surface area contributed by atoms with E-state index in [-0.39, 0.29) is 12.5 Å². The maximum atomic E-state index is 10.6. The molecule has 15 heavy (non-hydrogen) atoms. The van der Waals surface area contributed by atoms with E-state index >= 15 is 0 Å². The lowest BCUT2D eigenvalue weighted by atomic mass is 10.0. The molecule has 1 unspecified atom stereocenters. The lowest BCUT2D eigenvalue weighted by Gasteiger charge is -2.07. The van der Waals surface area contributed by atoms with Gasteiger partial charge in [-0.05, 0) is 30.5 Å².